The monoisotopic (exact) mass is 319 g/mol. The molecule has 1 aliphatic rings. The first-order valence-electron chi connectivity index (χ1n) is 7.47. The molecule has 0 saturated heterocycles. The molecule has 1 aromatic rings. The van der Waals surface area contributed by atoms with Gasteiger partial charge in [0, 0.05) is 29.5 Å². The fourth-order valence-corrected chi connectivity index (χ4v) is 3.32. The zero-order chi connectivity index (χ0) is 15.5. The number of hydrogen-bond acceptors (Lipinski definition) is 1. The van der Waals surface area contributed by atoms with Gasteiger partial charge in [0.25, 0.3) is 0 Å². The van der Waals surface area contributed by atoms with Gasteiger partial charge in [-0.3, -0.25) is 0 Å². The van der Waals surface area contributed by atoms with E-state index in [-0.39, 0.29) is 30.6 Å². The Bertz CT molecular complexity index is 448. The Hall–Kier alpha value is -0.740. The molecule has 0 spiro atoms. The van der Waals surface area contributed by atoms with Crippen molar-refractivity contribution in [3.8, 4) is 0 Å². The second-order valence-corrected chi connectivity index (χ2v) is 6.17. The van der Waals surface area contributed by atoms with Crippen molar-refractivity contribution in [1.82, 2.24) is 5.32 Å². The van der Waals surface area contributed by atoms with Crippen molar-refractivity contribution in [3.63, 3.8) is 0 Å². The molecule has 1 nitrogen and oxygen atoms in total. The normalized spacial score (nSPS) is 20.4. The van der Waals surface area contributed by atoms with Gasteiger partial charge >= 0.3 is 0 Å². The first kappa shape index (κ1) is 16.6. The molecular formula is C16H21ClF3N. The van der Waals surface area contributed by atoms with Crippen molar-refractivity contribution in [2.24, 2.45) is 5.92 Å². The van der Waals surface area contributed by atoms with E-state index in [1.165, 1.54) is 6.07 Å². The van der Waals surface area contributed by atoms with E-state index < -0.39 is 5.92 Å². The molecule has 1 atom stereocenters. The minimum Gasteiger partial charge on any atom is -0.314 e. The lowest BCUT2D eigenvalue weighted by Crippen LogP contribution is -2.41. The van der Waals surface area contributed by atoms with Crippen molar-refractivity contribution < 1.29 is 13.2 Å². The maximum absolute atomic E-state index is 13.9. The van der Waals surface area contributed by atoms with Crippen LogP contribution in [0.3, 0.4) is 0 Å². The molecule has 2 rings (SSSR count). The number of alkyl halides is 2. The predicted octanol–water partition coefficient (Wildman–Crippen LogP) is 4.83. The summed E-state index contributed by atoms with van der Waals surface area (Å²) in [6, 6.07) is 4.61. The summed E-state index contributed by atoms with van der Waals surface area (Å²) in [5, 5.41) is 3.71. The van der Waals surface area contributed by atoms with Crippen LogP contribution in [0.1, 0.15) is 38.2 Å². The Kier molecular flexibility index (Phi) is 5.55. The van der Waals surface area contributed by atoms with E-state index in [9.17, 15) is 13.2 Å². The molecule has 1 fully saturated rings. The molecule has 1 aliphatic carbocycles. The number of likely N-dealkylation sites (N-methyl/N-ethyl adjacent to an activating group) is 1. The van der Waals surface area contributed by atoms with Gasteiger partial charge in [0.1, 0.15) is 5.82 Å². The van der Waals surface area contributed by atoms with Gasteiger partial charge in [-0.05, 0) is 43.9 Å². The van der Waals surface area contributed by atoms with E-state index in [1.54, 1.807) is 12.1 Å². The number of rotatable bonds is 5. The first-order valence-corrected chi connectivity index (χ1v) is 7.85. The van der Waals surface area contributed by atoms with E-state index in [0.717, 1.165) is 6.54 Å². The van der Waals surface area contributed by atoms with Crippen molar-refractivity contribution >= 4 is 11.6 Å². The third-order valence-electron chi connectivity index (χ3n) is 4.28. The van der Waals surface area contributed by atoms with Crippen molar-refractivity contribution in [3.05, 3.63) is 34.6 Å². The molecular weight excluding hydrogens is 299 g/mol. The van der Waals surface area contributed by atoms with Crippen LogP contribution in [-0.4, -0.2) is 18.5 Å². The fraction of sp³-hybridized carbons (Fsp3) is 0.625. The summed E-state index contributed by atoms with van der Waals surface area (Å²) < 4.78 is 40.5. The van der Waals surface area contributed by atoms with Crippen LogP contribution in [0.25, 0.3) is 0 Å². The quantitative estimate of drug-likeness (QED) is 0.820. The van der Waals surface area contributed by atoms with E-state index in [0.29, 0.717) is 29.8 Å². The second kappa shape index (κ2) is 7.01. The topological polar surface area (TPSA) is 12.0 Å². The molecule has 1 saturated carbocycles. The lowest BCUT2D eigenvalue weighted by atomic mass is 9.80. The number of hydrogen-bond donors (Lipinski definition) is 1. The van der Waals surface area contributed by atoms with Gasteiger partial charge in [0.15, 0.2) is 0 Å². The molecule has 0 aliphatic heterocycles. The van der Waals surface area contributed by atoms with Crippen LogP contribution in [-0.2, 0) is 6.42 Å². The van der Waals surface area contributed by atoms with E-state index in [4.69, 9.17) is 11.6 Å². The average molecular weight is 320 g/mol. The third kappa shape index (κ3) is 4.36. The lowest BCUT2D eigenvalue weighted by molar-refractivity contribution is -0.0495. The smallest absolute Gasteiger partial charge is 0.248 e. The molecule has 5 heteroatoms. The zero-order valence-electron chi connectivity index (χ0n) is 12.1. The second-order valence-electron chi connectivity index (χ2n) is 5.76. The molecule has 0 aromatic heterocycles. The van der Waals surface area contributed by atoms with Gasteiger partial charge in [-0.1, -0.05) is 24.6 Å². The summed E-state index contributed by atoms with van der Waals surface area (Å²) in [7, 11) is 0. The van der Waals surface area contributed by atoms with Gasteiger partial charge < -0.3 is 5.32 Å². The SMILES string of the molecule is CCNC(Cc1c(F)cccc1Cl)C1CCC(F)(F)CC1. The Morgan fingerprint density at radius 2 is 2.00 bits per heavy atom. The summed E-state index contributed by atoms with van der Waals surface area (Å²) in [5.74, 6) is -2.73. The number of benzene rings is 1. The van der Waals surface area contributed by atoms with Gasteiger partial charge in [-0.25, -0.2) is 13.2 Å². The van der Waals surface area contributed by atoms with E-state index >= 15 is 0 Å². The van der Waals surface area contributed by atoms with Gasteiger partial charge in [-0.2, -0.15) is 0 Å². The van der Waals surface area contributed by atoms with Crippen LogP contribution >= 0.6 is 11.6 Å². The van der Waals surface area contributed by atoms with E-state index in [2.05, 4.69) is 5.32 Å². The Morgan fingerprint density at radius 3 is 2.57 bits per heavy atom. The van der Waals surface area contributed by atoms with Crippen molar-refractivity contribution in [2.45, 2.75) is 51.0 Å². The molecule has 0 bridgehead atoms. The van der Waals surface area contributed by atoms with Gasteiger partial charge in [0.05, 0.1) is 0 Å². The summed E-state index contributed by atoms with van der Waals surface area (Å²) in [4.78, 5) is 0. The molecule has 1 unspecified atom stereocenters. The molecule has 0 radical (unpaired) electrons. The molecule has 0 amide bonds. The highest BCUT2D eigenvalue weighted by molar-refractivity contribution is 6.31. The summed E-state index contributed by atoms with van der Waals surface area (Å²) in [6.45, 7) is 2.69. The van der Waals surface area contributed by atoms with Crippen LogP contribution < -0.4 is 5.32 Å². The predicted molar refractivity (Wildman–Crippen MR) is 79.5 cm³/mol. The largest absolute Gasteiger partial charge is 0.314 e. The van der Waals surface area contributed by atoms with E-state index in [1.807, 2.05) is 6.92 Å². The molecule has 0 heterocycles. The van der Waals surface area contributed by atoms with Crippen molar-refractivity contribution in [1.29, 1.82) is 0 Å². The highest BCUT2D eigenvalue weighted by Crippen LogP contribution is 2.38. The maximum atomic E-state index is 13.9. The third-order valence-corrected chi connectivity index (χ3v) is 4.64. The molecule has 1 N–H and O–H groups in total. The Morgan fingerprint density at radius 1 is 1.33 bits per heavy atom. The molecule has 1 aromatic carbocycles. The summed E-state index contributed by atoms with van der Waals surface area (Å²) >= 11 is 6.07. The molecule has 21 heavy (non-hydrogen) atoms. The minimum absolute atomic E-state index is 0.0134. The maximum Gasteiger partial charge on any atom is 0.248 e. The van der Waals surface area contributed by atoms with Crippen molar-refractivity contribution in [2.75, 3.05) is 6.54 Å². The summed E-state index contributed by atoms with van der Waals surface area (Å²) in [5.41, 5.74) is 0.474. The number of halogens is 4. The lowest BCUT2D eigenvalue weighted by Gasteiger charge is -2.34. The summed E-state index contributed by atoms with van der Waals surface area (Å²) in [6.07, 6.45) is 1.22. The number of nitrogens with one attached hydrogen (secondary N) is 1. The van der Waals surface area contributed by atoms with Gasteiger partial charge in [0.2, 0.25) is 5.92 Å². The Labute approximate surface area is 128 Å². The Balaban J connectivity index is 2.09. The van der Waals surface area contributed by atoms with Gasteiger partial charge in [-0.15, -0.1) is 0 Å². The standard InChI is InChI=1S/C16H21ClF3N/c1-2-21-15(11-6-8-16(19,20)9-7-11)10-12-13(17)4-3-5-14(12)18/h3-5,11,15,21H,2,6-10H2,1H3. The minimum atomic E-state index is -2.54. The van der Waals surface area contributed by atoms with Crippen LogP contribution in [0.4, 0.5) is 13.2 Å². The fourth-order valence-electron chi connectivity index (χ4n) is 3.08. The highest BCUT2D eigenvalue weighted by Gasteiger charge is 2.37. The zero-order valence-corrected chi connectivity index (χ0v) is 12.9. The van der Waals surface area contributed by atoms with Crippen LogP contribution in [0.5, 0.6) is 0 Å². The van der Waals surface area contributed by atoms with Crippen LogP contribution in [0, 0.1) is 11.7 Å². The van der Waals surface area contributed by atoms with Crippen LogP contribution in [0.15, 0.2) is 18.2 Å². The van der Waals surface area contributed by atoms with Crippen LogP contribution in [0.2, 0.25) is 5.02 Å². The first-order chi connectivity index (χ1) is 9.93. The highest BCUT2D eigenvalue weighted by atomic mass is 35.5. The molecule has 118 valence electrons. The average Bonchev–Trinajstić information content (AvgIpc) is 2.42.